The van der Waals surface area contributed by atoms with E-state index in [4.69, 9.17) is 34.6 Å². The zero-order chi connectivity index (χ0) is 34.3. The van der Waals surface area contributed by atoms with E-state index in [1.165, 1.54) is 5.56 Å². The number of carboxylic acids is 4. The van der Waals surface area contributed by atoms with Crippen molar-refractivity contribution in [2.24, 2.45) is 0 Å². The van der Waals surface area contributed by atoms with Gasteiger partial charge in [-0.25, -0.2) is 24.2 Å². The van der Waals surface area contributed by atoms with Crippen molar-refractivity contribution in [1.82, 2.24) is 15.2 Å². The number of hydrazine groups is 1. The fraction of sp³-hybridized carbons (Fsp3) is 0.355. The molecular formula is C31H39N5O11. The number of carbonyl (C=O) groups is 4. The van der Waals surface area contributed by atoms with Gasteiger partial charge in [0, 0.05) is 70.1 Å². The van der Waals surface area contributed by atoms with Gasteiger partial charge in [-0.05, 0) is 42.9 Å². The van der Waals surface area contributed by atoms with Crippen LogP contribution in [0.3, 0.4) is 0 Å². The molecule has 16 heteroatoms. The lowest BCUT2D eigenvalue weighted by Gasteiger charge is -2.38. The molecule has 6 N–H and O–H groups in total. The van der Waals surface area contributed by atoms with Crippen LogP contribution in [0.15, 0.2) is 60.7 Å². The van der Waals surface area contributed by atoms with Gasteiger partial charge in [0.2, 0.25) is 6.79 Å². The molecule has 0 spiro atoms. The number of hydrogen-bond acceptors (Lipinski definition) is 12. The first-order chi connectivity index (χ1) is 22.5. The Bertz CT molecular complexity index is 1390. The van der Waals surface area contributed by atoms with Crippen molar-refractivity contribution in [3.63, 3.8) is 0 Å². The molecule has 16 nitrogen and oxygen atoms in total. The third kappa shape index (κ3) is 11.8. The van der Waals surface area contributed by atoms with Crippen LogP contribution in [0.2, 0.25) is 0 Å². The average Bonchev–Trinajstić information content (AvgIpc) is 3.52. The normalized spacial score (nSPS) is 17.7. The summed E-state index contributed by atoms with van der Waals surface area (Å²) in [4.78, 5) is 43.0. The molecule has 254 valence electrons. The number of ether oxygens (including phenoxy) is 3. The number of methoxy groups -OCH3 is 1. The molecule has 0 aliphatic carbocycles. The Labute approximate surface area is 271 Å². The van der Waals surface area contributed by atoms with Crippen LogP contribution in [0.1, 0.15) is 11.6 Å². The number of carboxylic acid groups (broad SMARTS) is 4. The van der Waals surface area contributed by atoms with E-state index in [1.54, 1.807) is 7.11 Å². The number of piperazine rings is 2. The number of fused-ring (bicyclic) bond motifs is 1. The van der Waals surface area contributed by atoms with Crippen molar-refractivity contribution in [3.8, 4) is 17.2 Å². The molecule has 3 heterocycles. The van der Waals surface area contributed by atoms with Gasteiger partial charge in [-0.2, -0.15) is 0 Å². The van der Waals surface area contributed by atoms with E-state index in [9.17, 15) is 19.2 Å². The minimum atomic E-state index is -1.26. The summed E-state index contributed by atoms with van der Waals surface area (Å²) in [5.41, 5.74) is 7.09. The van der Waals surface area contributed by atoms with Crippen LogP contribution in [0.25, 0.3) is 0 Å². The van der Waals surface area contributed by atoms with Crippen molar-refractivity contribution in [1.29, 1.82) is 0 Å². The first-order valence-electron chi connectivity index (χ1n) is 14.5. The molecule has 3 aliphatic heterocycles. The second kappa shape index (κ2) is 18.0. The number of nitrogens with one attached hydrogen (secondary N) is 2. The van der Waals surface area contributed by atoms with Gasteiger partial charge in [-0.3, -0.25) is 0 Å². The fourth-order valence-corrected chi connectivity index (χ4v) is 4.76. The molecule has 5 rings (SSSR count). The van der Waals surface area contributed by atoms with E-state index >= 15 is 0 Å². The molecule has 3 aliphatic rings. The highest BCUT2D eigenvalue weighted by Gasteiger charge is 2.27. The molecule has 0 aromatic heterocycles. The second-order valence-electron chi connectivity index (χ2n) is 10.3. The van der Waals surface area contributed by atoms with Gasteiger partial charge in [0.25, 0.3) is 0 Å². The van der Waals surface area contributed by atoms with E-state index in [1.807, 2.05) is 6.07 Å². The SMILES string of the molecule is COc1ccc(NN2CCNCC2c2ccc3c(c2)OCO3)cc1N1CCN(C)CC1.O=C(O)/C=C/C(=O)O.O=C(O)/C=C/C(=O)O. The minimum Gasteiger partial charge on any atom is -0.495 e. The first kappa shape index (κ1) is 36.2. The summed E-state index contributed by atoms with van der Waals surface area (Å²) in [5.74, 6) is -2.47. The Morgan fingerprint density at radius 2 is 1.43 bits per heavy atom. The number of rotatable bonds is 9. The molecule has 0 amide bonds. The van der Waals surface area contributed by atoms with Gasteiger partial charge in [0.1, 0.15) is 5.75 Å². The van der Waals surface area contributed by atoms with Gasteiger partial charge < -0.3 is 55.2 Å². The number of benzene rings is 2. The van der Waals surface area contributed by atoms with Crippen LogP contribution in [0.5, 0.6) is 17.2 Å². The lowest BCUT2D eigenvalue weighted by molar-refractivity contribution is -0.134. The zero-order valence-corrected chi connectivity index (χ0v) is 26.0. The van der Waals surface area contributed by atoms with Gasteiger partial charge in [-0.1, -0.05) is 6.07 Å². The molecule has 2 aromatic carbocycles. The highest BCUT2D eigenvalue weighted by atomic mass is 16.7. The molecule has 1 atom stereocenters. The summed E-state index contributed by atoms with van der Waals surface area (Å²) in [5, 5.41) is 37.1. The standard InChI is InChI=1S/C23H31N5O3.2C4H4O4/c1-26-9-11-27(12-10-26)19-14-18(4-6-21(19)29-2)25-28-8-7-24-15-20(28)17-3-5-22-23(13-17)31-16-30-22;2*5-3(6)1-2-4(7)8/h3-6,13-14,20,24-25H,7-12,15-16H2,1-2H3;2*1-2H,(H,5,6)(H,7,8)/b;2*2-1+. The van der Waals surface area contributed by atoms with Crippen molar-refractivity contribution < 1.29 is 53.8 Å². The Morgan fingerprint density at radius 3 is 2.00 bits per heavy atom. The molecule has 0 bridgehead atoms. The quantitative estimate of drug-likeness (QED) is 0.211. The number of aliphatic carboxylic acids is 4. The third-order valence-corrected chi connectivity index (χ3v) is 7.06. The van der Waals surface area contributed by atoms with Gasteiger partial charge in [0.15, 0.2) is 11.5 Å². The van der Waals surface area contributed by atoms with E-state index in [0.717, 1.165) is 74.4 Å². The summed E-state index contributed by atoms with van der Waals surface area (Å²) in [6.45, 7) is 7.13. The first-order valence-corrected chi connectivity index (χ1v) is 14.5. The molecule has 0 radical (unpaired) electrons. The smallest absolute Gasteiger partial charge is 0.328 e. The molecule has 0 saturated carbocycles. The van der Waals surface area contributed by atoms with Gasteiger partial charge >= 0.3 is 23.9 Å². The number of anilines is 2. The molecular weight excluding hydrogens is 618 g/mol. The number of nitrogens with zero attached hydrogens (tertiary/aromatic N) is 3. The largest absolute Gasteiger partial charge is 0.495 e. The van der Waals surface area contributed by atoms with Crippen LogP contribution in [-0.4, -0.2) is 121 Å². The summed E-state index contributed by atoms with van der Waals surface area (Å²) in [7, 11) is 3.92. The summed E-state index contributed by atoms with van der Waals surface area (Å²) in [6, 6.07) is 12.8. The van der Waals surface area contributed by atoms with Gasteiger partial charge in [-0.15, -0.1) is 0 Å². The Balaban J connectivity index is 0.000000312. The monoisotopic (exact) mass is 657 g/mol. The van der Waals surface area contributed by atoms with Crippen molar-refractivity contribution in [2.75, 3.05) is 77.1 Å². The van der Waals surface area contributed by atoms with Gasteiger partial charge in [0.05, 0.1) is 24.5 Å². The summed E-state index contributed by atoms with van der Waals surface area (Å²) in [6.07, 6.45) is 2.23. The predicted molar refractivity (Wildman–Crippen MR) is 170 cm³/mol. The molecule has 2 aromatic rings. The lowest BCUT2D eigenvalue weighted by atomic mass is 10.0. The fourth-order valence-electron chi connectivity index (χ4n) is 4.76. The second-order valence-corrected chi connectivity index (χ2v) is 10.3. The maximum absolute atomic E-state index is 9.55. The van der Waals surface area contributed by atoms with Crippen molar-refractivity contribution >= 4 is 35.3 Å². The Kier molecular flexibility index (Phi) is 13.8. The molecule has 47 heavy (non-hydrogen) atoms. The van der Waals surface area contributed by atoms with Crippen LogP contribution in [0.4, 0.5) is 11.4 Å². The van der Waals surface area contributed by atoms with Crippen molar-refractivity contribution in [2.45, 2.75) is 6.04 Å². The topological polar surface area (TPSA) is 211 Å². The maximum atomic E-state index is 9.55. The minimum absolute atomic E-state index is 0.192. The Morgan fingerprint density at radius 1 is 0.830 bits per heavy atom. The van der Waals surface area contributed by atoms with Crippen LogP contribution in [-0.2, 0) is 19.2 Å². The predicted octanol–water partition coefficient (Wildman–Crippen LogP) is 1.57. The molecule has 2 saturated heterocycles. The lowest BCUT2D eigenvalue weighted by Crippen LogP contribution is -2.48. The molecule has 2 fully saturated rings. The van der Waals surface area contributed by atoms with E-state index in [-0.39, 0.29) is 6.04 Å². The average molecular weight is 658 g/mol. The van der Waals surface area contributed by atoms with Crippen LogP contribution < -0.4 is 29.9 Å². The third-order valence-electron chi connectivity index (χ3n) is 7.06. The Hall–Kier alpha value is -5.32. The molecule has 1 unspecified atom stereocenters. The maximum Gasteiger partial charge on any atom is 0.328 e. The highest BCUT2D eigenvalue weighted by molar-refractivity contribution is 5.90. The summed E-state index contributed by atoms with van der Waals surface area (Å²) >= 11 is 0. The highest BCUT2D eigenvalue weighted by Crippen LogP contribution is 2.37. The van der Waals surface area contributed by atoms with Crippen LogP contribution in [0, 0.1) is 0 Å². The van der Waals surface area contributed by atoms with E-state index in [0.29, 0.717) is 31.1 Å². The summed E-state index contributed by atoms with van der Waals surface area (Å²) < 4.78 is 16.7. The van der Waals surface area contributed by atoms with Crippen molar-refractivity contribution in [3.05, 3.63) is 66.3 Å². The number of likely N-dealkylation sites (N-methyl/N-ethyl adjacent to an activating group) is 1. The zero-order valence-electron chi connectivity index (χ0n) is 26.0. The number of hydrogen-bond donors (Lipinski definition) is 6. The van der Waals surface area contributed by atoms with E-state index in [2.05, 4.69) is 62.9 Å². The van der Waals surface area contributed by atoms with Crippen LogP contribution >= 0.6 is 0 Å². The van der Waals surface area contributed by atoms with E-state index < -0.39 is 23.9 Å².